The summed E-state index contributed by atoms with van der Waals surface area (Å²) >= 11 is 0. The van der Waals surface area contributed by atoms with Crippen molar-refractivity contribution in [2.24, 2.45) is 0 Å². The van der Waals surface area contributed by atoms with Crippen LogP contribution in [0, 0.1) is 0 Å². The molecule has 0 aliphatic carbocycles. The molecule has 0 unspecified atom stereocenters. The highest BCUT2D eigenvalue weighted by atomic mass is 16.5. The van der Waals surface area contributed by atoms with Crippen molar-refractivity contribution in [1.82, 2.24) is 4.90 Å². The summed E-state index contributed by atoms with van der Waals surface area (Å²) in [7, 11) is 5.02. The zero-order chi connectivity index (χ0) is 19.9. The molecule has 3 rings (SSSR count). The Kier molecular flexibility index (Phi) is 6.76. The molecule has 1 heterocycles. The topological polar surface area (TPSA) is 51.2 Å². The molecule has 1 fully saturated rings. The third kappa shape index (κ3) is 4.95. The Balaban J connectivity index is 1.58. The molecule has 1 aliphatic heterocycles. The van der Waals surface area contributed by atoms with Crippen molar-refractivity contribution in [3.8, 4) is 11.5 Å². The second kappa shape index (κ2) is 9.46. The molecule has 0 N–H and O–H groups in total. The number of hydrogen-bond acceptors (Lipinski definition) is 5. The number of anilines is 1. The van der Waals surface area contributed by atoms with E-state index in [4.69, 9.17) is 14.2 Å². The van der Waals surface area contributed by atoms with Gasteiger partial charge in [0.05, 0.1) is 33.9 Å². The lowest BCUT2D eigenvalue weighted by atomic mass is 10.1. The lowest BCUT2D eigenvalue weighted by molar-refractivity contribution is -0.129. The summed E-state index contributed by atoms with van der Waals surface area (Å²) in [6.07, 6.45) is 0.322. The number of likely N-dealkylation sites (N-methyl/N-ethyl adjacent to an activating group) is 1. The number of amides is 1. The van der Waals surface area contributed by atoms with Crippen LogP contribution in [-0.2, 0) is 22.5 Å². The van der Waals surface area contributed by atoms with E-state index in [1.807, 2.05) is 25.2 Å². The summed E-state index contributed by atoms with van der Waals surface area (Å²) in [6, 6.07) is 14.0. The number of carbonyl (C=O) groups is 1. The third-order valence-electron chi connectivity index (χ3n) is 4.96. The Morgan fingerprint density at radius 3 is 2.29 bits per heavy atom. The molecule has 0 atom stereocenters. The Hall–Kier alpha value is -2.73. The van der Waals surface area contributed by atoms with Gasteiger partial charge < -0.3 is 24.0 Å². The maximum atomic E-state index is 12.6. The lowest BCUT2D eigenvalue weighted by Gasteiger charge is -2.29. The first-order valence-electron chi connectivity index (χ1n) is 9.47. The van der Waals surface area contributed by atoms with Gasteiger partial charge in [-0.05, 0) is 35.4 Å². The molecule has 150 valence electrons. The Morgan fingerprint density at radius 2 is 1.64 bits per heavy atom. The summed E-state index contributed by atoms with van der Waals surface area (Å²) in [5.41, 5.74) is 3.21. The van der Waals surface area contributed by atoms with Gasteiger partial charge in [-0.2, -0.15) is 0 Å². The standard InChI is InChI=1S/C22H28N2O4/c1-23(22(25)15-18-6-9-20(26-2)21(14-18)27-3)16-17-4-7-19(8-5-17)24-10-12-28-13-11-24/h4-9,14H,10-13,15-16H2,1-3H3. The highest BCUT2D eigenvalue weighted by molar-refractivity contribution is 5.78. The van der Waals surface area contributed by atoms with Crippen LogP contribution in [0.3, 0.4) is 0 Å². The summed E-state index contributed by atoms with van der Waals surface area (Å²) in [4.78, 5) is 16.7. The number of carbonyl (C=O) groups excluding carboxylic acids is 1. The van der Waals surface area contributed by atoms with E-state index in [1.54, 1.807) is 19.1 Å². The number of nitrogens with zero attached hydrogens (tertiary/aromatic N) is 2. The van der Waals surface area contributed by atoms with Crippen molar-refractivity contribution in [2.45, 2.75) is 13.0 Å². The van der Waals surface area contributed by atoms with Crippen LogP contribution >= 0.6 is 0 Å². The number of methoxy groups -OCH3 is 2. The van der Waals surface area contributed by atoms with Crippen LogP contribution in [0.15, 0.2) is 42.5 Å². The third-order valence-corrected chi connectivity index (χ3v) is 4.96. The minimum atomic E-state index is 0.0597. The molecule has 0 radical (unpaired) electrons. The van der Waals surface area contributed by atoms with Gasteiger partial charge in [0, 0.05) is 32.4 Å². The first-order chi connectivity index (χ1) is 13.6. The van der Waals surface area contributed by atoms with Crippen LogP contribution in [-0.4, -0.2) is 58.4 Å². The van der Waals surface area contributed by atoms with Gasteiger partial charge in [0.2, 0.25) is 5.91 Å². The largest absolute Gasteiger partial charge is 0.493 e. The van der Waals surface area contributed by atoms with E-state index in [1.165, 1.54) is 5.69 Å². The highest BCUT2D eigenvalue weighted by Gasteiger charge is 2.14. The molecule has 1 saturated heterocycles. The van der Waals surface area contributed by atoms with E-state index < -0.39 is 0 Å². The Bertz CT molecular complexity index is 786. The van der Waals surface area contributed by atoms with Crippen LogP contribution < -0.4 is 14.4 Å². The normalized spacial score (nSPS) is 13.9. The minimum Gasteiger partial charge on any atom is -0.493 e. The number of ether oxygens (including phenoxy) is 3. The predicted octanol–water partition coefficient (Wildman–Crippen LogP) is 2.74. The second-order valence-corrected chi connectivity index (χ2v) is 6.88. The van der Waals surface area contributed by atoms with Crippen LogP contribution in [0.25, 0.3) is 0 Å². The van der Waals surface area contributed by atoms with Crippen LogP contribution in [0.5, 0.6) is 11.5 Å². The van der Waals surface area contributed by atoms with Gasteiger partial charge in [-0.15, -0.1) is 0 Å². The first-order valence-corrected chi connectivity index (χ1v) is 9.47. The van der Waals surface area contributed by atoms with Crippen molar-refractivity contribution < 1.29 is 19.0 Å². The number of hydrogen-bond donors (Lipinski definition) is 0. The number of rotatable bonds is 7. The highest BCUT2D eigenvalue weighted by Crippen LogP contribution is 2.28. The average molecular weight is 384 g/mol. The van der Waals surface area contributed by atoms with Crippen molar-refractivity contribution in [3.05, 3.63) is 53.6 Å². The predicted molar refractivity (Wildman–Crippen MR) is 109 cm³/mol. The minimum absolute atomic E-state index is 0.0597. The Labute approximate surface area is 166 Å². The van der Waals surface area contributed by atoms with Gasteiger partial charge in [-0.3, -0.25) is 4.79 Å². The van der Waals surface area contributed by atoms with E-state index >= 15 is 0 Å². The lowest BCUT2D eigenvalue weighted by Crippen LogP contribution is -2.36. The molecular formula is C22H28N2O4. The molecule has 1 aliphatic rings. The molecular weight excluding hydrogens is 356 g/mol. The van der Waals surface area contributed by atoms with E-state index in [0.29, 0.717) is 24.5 Å². The smallest absolute Gasteiger partial charge is 0.227 e. The van der Waals surface area contributed by atoms with E-state index in [-0.39, 0.29) is 5.91 Å². The molecule has 2 aromatic carbocycles. The number of morpholine rings is 1. The Morgan fingerprint density at radius 1 is 1.00 bits per heavy atom. The fraction of sp³-hybridized carbons (Fsp3) is 0.409. The molecule has 6 nitrogen and oxygen atoms in total. The van der Waals surface area contributed by atoms with Gasteiger partial charge in [0.25, 0.3) is 0 Å². The quantitative estimate of drug-likeness (QED) is 0.735. The molecule has 2 aromatic rings. The summed E-state index contributed by atoms with van der Waals surface area (Å²) in [6.45, 7) is 3.96. The molecule has 0 saturated carbocycles. The van der Waals surface area contributed by atoms with Gasteiger partial charge >= 0.3 is 0 Å². The first kappa shape index (κ1) is 20.0. The summed E-state index contributed by atoms with van der Waals surface area (Å²) < 4.78 is 16.0. The van der Waals surface area contributed by atoms with Crippen molar-refractivity contribution >= 4 is 11.6 Å². The van der Waals surface area contributed by atoms with Crippen molar-refractivity contribution in [1.29, 1.82) is 0 Å². The molecule has 0 bridgehead atoms. The van der Waals surface area contributed by atoms with Crippen LogP contribution in [0.4, 0.5) is 5.69 Å². The zero-order valence-electron chi connectivity index (χ0n) is 16.8. The number of benzene rings is 2. The molecule has 0 aromatic heterocycles. The zero-order valence-corrected chi connectivity index (χ0v) is 16.8. The molecule has 0 spiro atoms. The maximum Gasteiger partial charge on any atom is 0.227 e. The summed E-state index contributed by atoms with van der Waals surface area (Å²) in [5, 5.41) is 0. The van der Waals surface area contributed by atoms with Crippen molar-refractivity contribution in [2.75, 3.05) is 52.5 Å². The molecule has 1 amide bonds. The van der Waals surface area contributed by atoms with Gasteiger partial charge in [0.1, 0.15) is 0 Å². The SMILES string of the molecule is COc1ccc(CC(=O)N(C)Cc2ccc(N3CCOCC3)cc2)cc1OC. The van der Waals surface area contributed by atoms with Gasteiger partial charge in [-0.1, -0.05) is 18.2 Å². The fourth-order valence-corrected chi connectivity index (χ4v) is 3.30. The van der Waals surface area contributed by atoms with E-state index in [0.717, 1.165) is 37.4 Å². The second-order valence-electron chi connectivity index (χ2n) is 6.88. The fourth-order valence-electron chi connectivity index (χ4n) is 3.30. The van der Waals surface area contributed by atoms with Gasteiger partial charge in [0.15, 0.2) is 11.5 Å². The van der Waals surface area contributed by atoms with Crippen LogP contribution in [0.2, 0.25) is 0 Å². The monoisotopic (exact) mass is 384 g/mol. The average Bonchev–Trinajstić information content (AvgIpc) is 2.74. The van der Waals surface area contributed by atoms with Crippen LogP contribution in [0.1, 0.15) is 11.1 Å². The maximum absolute atomic E-state index is 12.6. The van der Waals surface area contributed by atoms with E-state index in [9.17, 15) is 4.79 Å². The van der Waals surface area contributed by atoms with E-state index in [2.05, 4.69) is 29.2 Å². The molecule has 28 heavy (non-hydrogen) atoms. The van der Waals surface area contributed by atoms with Gasteiger partial charge in [-0.25, -0.2) is 0 Å². The molecule has 6 heteroatoms. The summed E-state index contributed by atoms with van der Waals surface area (Å²) in [5.74, 6) is 1.35. The van der Waals surface area contributed by atoms with Crippen molar-refractivity contribution in [3.63, 3.8) is 0 Å².